The highest BCUT2D eigenvalue weighted by atomic mass is 32.1. The van der Waals surface area contributed by atoms with Crippen molar-refractivity contribution in [3.05, 3.63) is 35.1 Å². The molecule has 0 aliphatic heterocycles. The molecule has 112 valence electrons. The Kier molecular flexibility index (Phi) is 5.47. The Hall–Kier alpha value is -1.21. The van der Waals surface area contributed by atoms with Crippen molar-refractivity contribution in [2.24, 2.45) is 5.73 Å². The Morgan fingerprint density at radius 3 is 2.40 bits per heavy atom. The molecule has 0 unspecified atom stereocenters. The van der Waals surface area contributed by atoms with E-state index in [9.17, 15) is 17.6 Å². The molecule has 2 N–H and O–H groups in total. The number of alkyl halides is 3. The molecule has 0 radical (unpaired) electrons. The highest BCUT2D eigenvalue weighted by molar-refractivity contribution is 7.80. The van der Waals surface area contributed by atoms with E-state index >= 15 is 0 Å². The summed E-state index contributed by atoms with van der Waals surface area (Å²) in [5.41, 5.74) is 6.27. The van der Waals surface area contributed by atoms with Crippen LogP contribution in [0.4, 0.5) is 17.6 Å². The molecule has 1 rings (SSSR count). The van der Waals surface area contributed by atoms with E-state index in [1.807, 2.05) is 0 Å². The van der Waals surface area contributed by atoms with E-state index in [4.69, 9.17) is 18.0 Å². The minimum atomic E-state index is -4.32. The molecular formula is C13H16F4N2S. The molecule has 0 saturated heterocycles. The predicted octanol–water partition coefficient (Wildman–Crippen LogP) is 3.23. The monoisotopic (exact) mass is 308 g/mol. The SMILES string of the molecule is CC(C)N(Cc1cc(F)ccc1C(N)=S)CC(F)(F)F. The first kappa shape index (κ1) is 16.8. The Labute approximate surface area is 120 Å². The molecule has 0 fully saturated rings. The van der Waals surface area contributed by atoms with E-state index in [0.717, 1.165) is 0 Å². The second-order valence-corrected chi connectivity index (χ2v) is 5.22. The minimum absolute atomic E-state index is 0.0377. The van der Waals surface area contributed by atoms with Crippen molar-refractivity contribution in [3.63, 3.8) is 0 Å². The zero-order valence-corrected chi connectivity index (χ0v) is 12.0. The average molecular weight is 308 g/mol. The lowest BCUT2D eigenvalue weighted by atomic mass is 10.1. The smallest absolute Gasteiger partial charge is 0.389 e. The topological polar surface area (TPSA) is 29.3 Å². The molecule has 0 heterocycles. The van der Waals surface area contributed by atoms with Gasteiger partial charge >= 0.3 is 6.18 Å². The van der Waals surface area contributed by atoms with Crippen LogP contribution in [-0.4, -0.2) is 28.7 Å². The van der Waals surface area contributed by atoms with Crippen LogP contribution in [0.25, 0.3) is 0 Å². The molecular weight excluding hydrogens is 292 g/mol. The maximum Gasteiger partial charge on any atom is 0.401 e. The van der Waals surface area contributed by atoms with Gasteiger partial charge in [0.05, 0.1) is 6.54 Å². The fraction of sp³-hybridized carbons (Fsp3) is 0.462. The molecule has 0 saturated carbocycles. The number of hydrogen-bond acceptors (Lipinski definition) is 2. The standard InChI is InChI=1S/C13H16F4N2S/c1-8(2)19(7-13(15,16)17)6-9-5-10(14)3-4-11(9)12(18)20/h3-5,8H,6-7H2,1-2H3,(H2,18,20). The molecule has 0 aliphatic carbocycles. The summed E-state index contributed by atoms with van der Waals surface area (Å²) in [6, 6.07) is 3.39. The number of halogens is 4. The van der Waals surface area contributed by atoms with E-state index < -0.39 is 18.5 Å². The normalized spacial score (nSPS) is 12.2. The summed E-state index contributed by atoms with van der Waals surface area (Å²) in [4.78, 5) is 1.23. The molecule has 1 aromatic rings. The van der Waals surface area contributed by atoms with E-state index in [-0.39, 0.29) is 17.6 Å². The average Bonchev–Trinajstić information content (AvgIpc) is 2.25. The van der Waals surface area contributed by atoms with Crippen LogP contribution >= 0.6 is 12.2 Å². The molecule has 0 aliphatic rings. The van der Waals surface area contributed by atoms with Crippen molar-refractivity contribution in [1.82, 2.24) is 4.90 Å². The van der Waals surface area contributed by atoms with Gasteiger partial charge in [0.15, 0.2) is 0 Å². The third kappa shape index (κ3) is 5.05. The fourth-order valence-corrected chi connectivity index (χ4v) is 2.00. The van der Waals surface area contributed by atoms with Gasteiger partial charge < -0.3 is 5.73 Å². The van der Waals surface area contributed by atoms with Crippen LogP contribution in [-0.2, 0) is 6.54 Å². The zero-order chi connectivity index (χ0) is 15.5. The van der Waals surface area contributed by atoms with Crippen molar-refractivity contribution in [3.8, 4) is 0 Å². The Balaban J connectivity index is 3.04. The minimum Gasteiger partial charge on any atom is -0.389 e. The van der Waals surface area contributed by atoms with Gasteiger partial charge in [0, 0.05) is 18.2 Å². The Bertz CT molecular complexity index is 486. The third-order valence-corrected chi connectivity index (χ3v) is 3.04. The van der Waals surface area contributed by atoms with Crippen molar-refractivity contribution in [2.45, 2.75) is 32.6 Å². The maximum absolute atomic E-state index is 13.3. The summed E-state index contributed by atoms with van der Waals surface area (Å²) >= 11 is 4.84. The summed E-state index contributed by atoms with van der Waals surface area (Å²) in [6.07, 6.45) is -4.32. The Morgan fingerprint density at radius 2 is 1.95 bits per heavy atom. The summed E-state index contributed by atoms with van der Waals surface area (Å²) < 4.78 is 50.9. The molecule has 0 atom stereocenters. The lowest BCUT2D eigenvalue weighted by Crippen LogP contribution is -2.39. The molecule has 0 spiro atoms. The van der Waals surface area contributed by atoms with Crippen LogP contribution in [0.2, 0.25) is 0 Å². The summed E-state index contributed by atoms with van der Waals surface area (Å²) in [5.74, 6) is -0.532. The molecule has 7 heteroatoms. The number of benzene rings is 1. The Morgan fingerprint density at radius 1 is 1.35 bits per heavy atom. The van der Waals surface area contributed by atoms with Crippen molar-refractivity contribution in [2.75, 3.05) is 6.54 Å². The number of hydrogen-bond donors (Lipinski definition) is 1. The number of rotatable bonds is 5. The highest BCUT2D eigenvalue weighted by Crippen LogP contribution is 2.21. The first-order valence-electron chi connectivity index (χ1n) is 5.99. The van der Waals surface area contributed by atoms with E-state index in [2.05, 4.69) is 0 Å². The molecule has 20 heavy (non-hydrogen) atoms. The van der Waals surface area contributed by atoms with Gasteiger partial charge in [-0.25, -0.2) is 4.39 Å². The summed E-state index contributed by atoms with van der Waals surface area (Å²) in [7, 11) is 0. The molecule has 1 aromatic carbocycles. The summed E-state index contributed by atoms with van der Waals surface area (Å²) in [5, 5.41) is 0. The van der Waals surface area contributed by atoms with E-state index in [1.165, 1.54) is 23.1 Å². The van der Waals surface area contributed by atoms with Crippen LogP contribution < -0.4 is 5.73 Å². The van der Waals surface area contributed by atoms with Gasteiger partial charge in [0.1, 0.15) is 10.8 Å². The van der Waals surface area contributed by atoms with Gasteiger partial charge in [-0.15, -0.1) is 0 Å². The van der Waals surface area contributed by atoms with Crippen LogP contribution in [0.3, 0.4) is 0 Å². The predicted molar refractivity (Wildman–Crippen MR) is 73.9 cm³/mol. The van der Waals surface area contributed by atoms with Gasteiger partial charge in [0.2, 0.25) is 0 Å². The van der Waals surface area contributed by atoms with Crippen LogP contribution in [0.5, 0.6) is 0 Å². The largest absolute Gasteiger partial charge is 0.401 e. The van der Waals surface area contributed by atoms with Crippen LogP contribution in [0.15, 0.2) is 18.2 Å². The first-order valence-corrected chi connectivity index (χ1v) is 6.40. The quantitative estimate of drug-likeness (QED) is 0.669. The molecule has 2 nitrogen and oxygen atoms in total. The van der Waals surface area contributed by atoms with Gasteiger partial charge in [-0.2, -0.15) is 13.2 Å². The van der Waals surface area contributed by atoms with Crippen LogP contribution in [0, 0.1) is 5.82 Å². The molecule has 0 bridgehead atoms. The highest BCUT2D eigenvalue weighted by Gasteiger charge is 2.32. The number of nitrogens with zero attached hydrogens (tertiary/aromatic N) is 1. The van der Waals surface area contributed by atoms with Gasteiger partial charge in [-0.05, 0) is 37.6 Å². The summed E-state index contributed by atoms with van der Waals surface area (Å²) in [6.45, 7) is 2.15. The first-order chi connectivity index (χ1) is 9.10. The maximum atomic E-state index is 13.3. The second-order valence-electron chi connectivity index (χ2n) is 4.78. The lowest BCUT2D eigenvalue weighted by molar-refractivity contribution is -0.150. The van der Waals surface area contributed by atoms with Crippen molar-refractivity contribution in [1.29, 1.82) is 0 Å². The van der Waals surface area contributed by atoms with E-state index in [1.54, 1.807) is 13.8 Å². The third-order valence-electron chi connectivity index (χ3n) is 2.82. The van der Waals surface area contributed by atoms with Gasteiger partial charge in [-0.1, -0.05) is 12.2 Å². The van der Waals surface area contributed by atoms with E-state index in [0.29, 0.717) is 11.1 Å². The zero-order valence-electron chi connectivity index (χ0n) is 11.2. The second kappa shape index (κ2) is 6.49. The molecule has 0 aromatic heterocycles. The number of thiocarbonyl (C=S) groups is 1. The van der Waals surface area contributed by atoms with Crippen LogP contribution in [0.1, 0.15) is 25.0 Å². The van der Waals surface area contributed by atoms with Gasteiger partial charge in [-0.3, -0.25) is 4.90 Å². The van der Waals surface area contributed by atoms with Crippen molar-refractivity contribution >= 4 is 17.2 Å². The molecule has 0 amide bonds. The fourth-order valence-electron chi connectivity index (χ4n) is 1.80. The van der Waals surface area contributed by atoms with Crippen molar-refractivity contribution < 1.29 is 17.6 Å². The lowest BCUT2D eigenvalue weighted by Gasteiger charge is -2.28. The number of nitrogens with two attached hydrogens (primary N) is 1. The van der Waals surface area contributed by atoms with Gasteiger partial charge in [0.25, 0.3) is 0 Å².